The van der Waals surface area contributed by atoms with Gasteiger partial charge in [-0.05, 0) is 23.5 Å². The van der Waals surface area contributed by atoms with Crippen molar-refractivity contribution in [2.75, 3.05) is 0 Å². The van der Waals surface area contributed by atoms with E-state index in [4.69, 9.17) is 5.73 Å². The van der Waals surface area contributed by atoms with E-state index in [1.165, 1.54) is 11.1 Å². The Balaban J connectivity index is 0.00000196. The van der Waals surface area contributed by atoms with E-state index in [1.807, 2.05) is 0 Å². The Morgan fingerprint density at radius 3 is 2.33 bits per heavy atom. The van der Waals surface area contributed by atoms with Crippen molar-refractivity contribution < 1.29 is 0 Å². The first kappa shape index (κ1) is 14.5. The van der Waals surface area contributed by atoms with Gasteiger partial charge in [-0.1, -0.05) is 51.5 Å². The predicted molar refractivity (Wildman–Crippen MR) is 69.6 cm³/mol. The number of benzene rings is 1. The average Bonchev–Trinajstić information content (AvgIpc) is 2.18. The van der Waals surface area contributed by atoms with Crippen LogP contribution in [0.2, 0.25) is 0 Å². The second-order valence-corrected chi connectivity index (χ2v) is 4.22. The fourth-order valence-electron chi connectivity index (χ4n) is 1.63. The highest BCUT2D eigenvalue weighted by Crippen LogP contribution is 2.21. The van der Waals surface area contributed by atoms with Crippen molar-refractivity contribution in [1.82, 2.24) is 0 Å². The van der Waals surface area contributed by atoms with Gasteiger partial charge < -0.3 is 5.73 Å². The van der Waals surface area contributed by atoms with Gasteiger partial charge in [-0.25, -0.2) is 0 Å². The molecule has 0 aromatic heterocycles. The van der Waals surface area contributed by atoms with Gasteiger partial charge in [0.15, 0.2) is 0 Å². The number of nitrogens with two attached hydrogens (primary N) is 1. The van der Waals surface area contributed by atoms with Crippen LogP contribution in [0.25, 0.3) is 0 Å². The molecular weight excluding hydrogens is 206 g/mol. The highest BCUT2D eigenvalue weighted by atomic mass is 35.5. The molecule has 0 amide bonds. The molecule has 1 atom stereocenters. The Bertz CT molecular complexity index is 284. The molecule has 1 aromatic carbocycles. The van der Waals surface area contributed by atoms with E-state index >= 15 is 0 Å². The molecule has 0 aliphatic rings. The van der Waals surface area contributed by atoms with Crippen LogP contribution in [-0.4, -0.2) is 0 Å². The van der Waals surface area contributed by atoms with Gasteiger partial charge in [-0.15, -0.1) is 12.4 Å². The summed E-state index contributed by atoms with van der Waals surface area (Å²) in [5.41, 5.74) is 8.73. The summed E-state index contributed by atoms with van der Waals surface area (Å²) in [7, 11) is 0. The zero-order valence-electron chi connectivity index (χ0n) is 9.86. The Morgan fingerprint density at radius 1 is 1.20 bits per heavy atom. The molecule has 0 saturated carbocycles. The molecule has 2 N–H and O–H groups in total. The van der Waals surface area contributed by atoms with Gasteiger partial charge in [0.2, 0.25) is 0 Å². The third kappa shape index (κ3) is 4.23. The van der Waals surface area contributed by atoms with E-state index in [-0.39, 0.29) is 18.4 Å². The van der Waals surface area contributed by atoms with Crippen LogP contribution in [0.4, 0.5) is 0 Å². The number of rotatable bonds is 4. The van der Waals surface area contributed by atoms with Gasteiger partial charge in [0.05, 0.1) is 0 Å². The predicted octanol–water partition coefficient (Wildman–Crippen LogP) is 4.03. The van der Waals surface area contributed by atoms with Crippen LogP contribution in [-0.2, 0) is 0 Å². The molecule has 0 aliphatic carbocycles. The van der Waals surface area contributed by atoms with E-state index in [1.54, 1.807) is 0 Å². The standard InChI is InChI=1S/C13H21N.ClH/c1-4-6-13(14)12-8-5-7-11(9-12)10(2)3;/h5,7-10,13H,4,6,14H2,1-3H3;1H/t13-;/m0./s1. The molecule has 0 radical (unpaired) electrons. The van der Waals surface area contributed by atoms with Crippen LogP contribution in [0.1, 0.15) is 56.7 Å². The lowest BCUT2D eigenvalue weighted by Crippen LogP contribution is -2.10. The third-order valence-electron chi connectivity index (χ3n) is 2.61. The number of hydrogen-bond donors (Lipinski definition) is 1. The summed E-state index contributed by atoms with van der Waals surface area (Å²) >= 11 is 0. The normalized spacial score (nSPS) is 12.3. The van der Waals surface area contributed by atoms with Crippen molar-refractivity contribution in [2.24, 2.45) is 5.73 Å². The van der Waals surface area contributed by atoms with E-state index < -0.39 is 0 Å². The molecule has 86 valence electrons. The summed E-state index contributed by atoms with van der Waals surface area (Å²) < 4.78 is 0. The first-order valence-corrected chi connectivity index (χ1v) is 5.50. The monoisotopic (exact) mass is 227 g/mol. The molecule has 1 aromatic rings. The van der Waals surface area contributed by atoms with E-state index in [2.05, 4.69) is 45.0 Å². The lowest BCUT2D eigenvalue weighted by molar-refractivity contribution is 0.637. The minimum absolute atomic E-state index is 0. The van der Waals surface area contributed by atoms with Crippen molar-refractivity contribution in [3.63, 3.8) is 0 Å². The summed E-state index contributed by atoms with van der Waals surface area (Å²) in [4.78, 5) is 0. The fraction of sp³-hybridized carbons (Fsp3) is 0.538. The largest absolute Gasteiger partial charge is 0.324 e. The highest BCUT2D eigenvalue weighted by Gasteiger charge is 2.06. The third-order valence-corrected chi connectivity index (χ3v) is 2.61. The average molecular weight is 228 g/mol. The van der Waals surface area contributed by atoms with Gasteiger partial charge in [-0.3, -0.25) is 0 Å². The van der Waals surface area contributed by atoms with Gasteiger partial charge in [0.25, 0.3) is 0 Å². The van der Waals surface area contributed by atoms with Gasteiger partial charge >= 0.3 is 0 Å². The van der Waals surface area contributed by atoms with Crippen molar-refractivity contribution in [2.45, 2.75) is 45.6 Å². The van der Waals surface area contributed by atoms with Crippen molar-refractivity contribution in [3.05, 3.63) is 35.4 Å². The van der Waals surface area contributed by atoms with E-state index in [0.717, 1.165) is 12.8 Å². The van der Waals surface area contributed by atoms with Crippen LogP contribution in [0, 0.1) is 0 Å². The summed E-state index contributed by atoms with van der Waals surface area (Å²) in [6.07, 6.45) is 2.22. The quantitative estimate of drug-likeness (QED) is 0.826. The number of halogens is 1. The smallest absolute Gasteiger partial charge is 0.0294 e. The molecule has 0 spiro atoms. The Labute approximate surface area is 99.5 Å². The Morgan fingerprint density at radius 2 is 1.80 bits per heavy atom. The molecule has 1 nitrogen and oxygen atoms in total. The summed E-state index contributed by atoms with van der Waals surface area (Å²) in [6.45, 7) is 6.60. The molecule has 0 fully saturated rings. The first-order chi connectivity index (χ1) is 6.65. The lowest BCUT2D eigenvalue weighted by atomic mass is 9.96. The van der Waals surface area contributed by atoms with Crippen molar-refractivity contribution >= 4 is 12.4 Å². The Hall–Kier alpha value is -0.530. The fourth-order valence-corrected chi connectivity index (χ4v) is 1.63. The summed E-state index contributed by atoms with van der Waals surface area (Å²) in [5.74, 6) is 0.587. The molecular formula is C13H22ClN. The van der Waals surface area contributed by atoms with E-state index in [9.17, 15) is 0 Å². The second-order valence-electron chi connectivity index (χ2n) is 4.22. The van der Waals surface area contributed by atoms with Crippen molar-refractivity contribution in [1.29, 1.82) is 0 Å². The van der Waals surface area contributed by atoms with Gasteiger partial charge in [-0.2, -0.15) is 0 Å². The van der Waals surface area contributed by atoms with Crippen LogP contribution < -0.4 is 5.73 Å². The second kappa shape index (κ2) is 6.86. The molecule has 0 aliphatic heterocycles. The molecule has 0 unspecified atom stereocenters. The van der Waals surface area contributed by atoms with E-state index in [0.29, 0.717) is 5.92 Å². The molecule has 1 rings (SSSR count). The molecule has 15 heavy (non-hydrogen) atoms. The minimum atomic E-state index is 0. The maximum absolute atomic E-state index is 6.07. The van der Waals surface area contributed by atoms with Gasteiger partial charge in [0.1, 0.15) is 0 Å². The first-order valence-electron chi connectivity index (χ1n) is 5.50. The highest BCUT2D eigenvalue weighted by molar-refractivity contribution is 5.85. The summed E-state index contributed by atoms with van der Waals surface area (Å²) in [5, 5.41) is 0. The van der Waals surface area contributed by atoms with Crippen LogP contribution in [0.15, 0.2) is 24.3 Å². The van der Waals surface area contributed by atoms with Crippen LogP contribution in [0.5, 0.6) is 0 Å². The van der Waals surface area contributed by atoms with Crippen LogP contribution >= 0.6 is 12.4 Å². The number of hydrogen-bond acceptors (Lipinski definition) is 1. The topological polar surface area (TPSA) is 26.0 Å². The maximum Gasteiger partial charge on any atom is 0.0294 e. The maximum atomic E-state index is 6.07. The SMILES string of the molecule is CCC[C@H](N)c1cccc(C(C)C)c1.Cl. The van der Waals surface area contributed by atoms with Crippen LogP contribution in [0.3, 0.4) is 0 Å². The van der Waals surface area contributed by atoms with Gasteiger partial charge in [0, 0.05) is 6.04 Å². The summed E-state index contributed by atoms with van der Waals surface area (Å²) in [6, 6.07) is 8.86. The molecule has 0 heterocycles. The lowest BCUT2D eigenvalue weighted by Gasteiger charge is -2.13. The molecule has 0 bridgehead atoms. The zero-order valence-corrected chi connectivity index (χ0v) is 10.7. The molecule has 0 saturated heterocycles. The minimum Gasteiger partial charge on any atom is -0.324 e. The van der Waals surface area contributed by atoms with Crippen molar-refractivity contribution in [3.8, 4) is 0 Å². The Kier molecular flexibility index (Phi) is 6.62. The zero-order chi connectivity index (χ0) is 10.6. The molecule has 2 heteroatoms.